The molecule has 0 radical (unpaired) electrons. The molecule has 1 saturated carbocycles. The molecule has 0 unspecified atom stereocenters. The number of rotatable bonds is 6. The monoisotopic (exact) mass is 269 g/mol. The third-order valence-corrected chi connectivity index (χ3v) is 3.40. The smallest absolute Gasteiger partial charge is 0.306 e. The molecule has 0 saturated heterocycles. The summed E-state index contributed by atoms with van der Waals surface area (Å²) in [4.78, 5) is 25.5. The van der Waals surface area contributed by atoms with Crippen LogP contribution in [0.1, 0.15) is 59.8 Å². The van der Waals surface area contributed by atoms with Gasteiger partial charge in [-0.25, -0.2) is 0 Å². The van der Waals surface area contributed by atoms with E-state index in [1.807, 2.05) is 32.6 Å². The van der Waals surface area contributed by atoms with Gasteiger partial charge in [-0.1, -0.05) is 6.42 Å². The molecule has 0 aromatic rings. The molecule has 4 nitrogen and oxygen atoms in total. The first kappa shape index (κ1) is 16.0. The highest BCUT2D eigenvalue weighted by molar-refractivity contribution is 5.81. The van der Waals surface area contributed by atoms with E-state index in [9.17, 15) is 9.59 Å². The van der Waals surface area contributed by atoms with E-state index in [1.54, 1.807) is 0 Å². The minimum absolute atomic E-state index is 0.0697. The fourth-order valence-corrected chi connectivity index (χ4v) is 2.15. The lowest BCUT2D eigenvalue weighted by atomic mass is 9.85. The van der Waals surface area contributed by atoms with Crippen molar-refractivity contribution in [2.45, 2.75) is 65.4 Å². The van der Waals surface area contributed by atoms with Crippen molar-refractivity contribution in [3.63, 3.8) is 0 Å². The van der Waals surface area contributed by atoms with Crippen LogP contribution in [0.15, 0.2) is 0 Å². The summed E-state index contributed by atoms with van der Waals surface area (Å²) >= 11 is 0. The van der Waals surface area contributed by atoms with Crippen LogP contribution in [0, 0.1) is 5.92 Å². The quantitative estimate of drug-likeness (QED) is 0.697. The second-order valence-corrected chi connectivity index (χ2v) is 6.32. The Labute approximate surface area is 116 Å². The largest absolute Gasteiger partial charge is 0.460 e. The lowest BCUT2D eigenvalue weighted by Crippen LogP contribution is -2.37. The van der Waals surface area contributed by atoms with Crippen molar-refractivity contribution in [2.24, 2.45) is 5.92 Å². The number of hydrogen-bond donors (Lipinski definition) is 0. The van der Waals surface area contributed by atoms with Gasteiger partial charge < -0.3 is 9.64 Å². The van der Waals surface area contributed by atoms with Gasteiger partial charge >= 0.3 is 5.97 Å². The van der Waals surface area contributed by atoms with Gasteiger partial charge in [0.25, 0.3) is 0 Å². The van der Waals surface area contributed by atoms with Crippen molar-refractivity contribution in [3.05, 3.63) is 0 Å². The zero-order chi connectivity index (χ0) is 14.5. The average molecular weight is 269 g/mol. The lowest BCUT2D eigenvalue weighted by molar-refractivity contribution is -0.156. The summed E-state index contributed by atoms with van der Waals surface area (Å²) in [6.45, 7) is 9.07. The molecule has 0 atom stereocenters. The number of hydrogen-bond acceptors (Lipinski definition) is 3. The molecule has 1 rings (SSSR count). The minimum atomic E-state index is -0.476. The molecule has 19 heavy (non-hydrogen) atoms. The first-order valence-electron chi connectivity index (χ1n) is 7.31. The Morgan fingerprint density at radius 3 is 2.26 bits per heavy atom. The van der Waals surface area contributed by atoms with Gasteiger partial charge in [0.1, 0.15) is 5.60 Å². The van der Waals surface area contributed by atoms with E-state index < -0.39 is 5.60 Å². The van der Waals surface area contributed by atoms with Gasteiger partial charge in [0, 0.05) is 19.5 Å². The summed E-state index contributed by atoms with van der Waals surface area (Å²) in [6.07, 6.45) is 4.19. The maximum absolute atomic E-state index is 12.0. The van der Waals surface area contributed by atoms with Gasteiger partial charge in [0.2, 0.25) is 5.91 Å². The Morgan fingerprint density at radius 2 is 1.84 bits per heavy atom. The number of carbonyl (C=O) groups excluding carboxylic acids is 2. The van der Waals surface area contributed by atoms with Gasteiger partial charge in [-0.2, -0.15) is 0 Å². The number of ether oxygens (including phenoxy) is 1. The first-order valence-corrected chi connectivity index (χ1v) is 7.31. The van der Waals surface area contributed by atoms with Crippen LogP contribution < -0.4 is 0 Å². The first-order chi connectivity index (χ1) is 8.81. The normalized spacial score (nSPS) is 15.8. The fourth-order valence-electron chi connectivity index (χ4n) is 2.15. The van der Waals surface area contributed by atoms with Crippen molar-refractivity contribution < 1.29 is 14.3 Å². The molecule has 0 aliphatic heterocycles. The molecule has 1 amide bonds. The second kappa shape index (κ2) is 6.92. The van der Waals surface area contributed by atoms with E-state index in [0.717, 1.165) is 13.1 Å². The summed E-state index contributed by atoms with van der Waals surface area (Å²) in [6, 6.07) is 0. The van der Waals surface area contributed by atoms with Crippen LogP contribution in [-0.2, 0) is 14.3 Å². The predicted molar refractivity (Wildman–Crippen MR) is 74.7 cm³/mol. The zero-order valence-electron chi connectivity index (χ0n) is 12.7. The van der Waals surface area contributed by atoms with Crippen molar-refractivity contribution in [2.75, 3.05) is 13.1 Å². The van der Waals surface area contributed by atoms with Crippen LogP contribution in [0.4, 0.5) is 0 Å². The Morgan fingerprint density at radius 1 is 1.21 bits per heavy atom. The molecule has 110 valence electrons. The van der Waals surface area contributed by atoms with Crippen LogP contribution in [0.25, 0.3) is 0 Å². The van der Waals surface area contributed by atoms with Crippen LogP contribution >= 0.6 is 0 Å². The Balaban J connectivity index is 2.29. The average Bonchev–Trinajstić information content (AvgIpc) is 2.22. The van der Waals surface area contributed by atoms with Crippen molar-refractivity contribution >= 4 is 11.9 Å². The summed E-state index contributed by atoms with van der Waals surface area (Å²) in [7, 11) is 0. The molecule has 0 N–H and O–H groups in total. The summed E-state index contributed by atoms with van der Waals surface area (Å²) in [5.41, 5.74) is -0.476. The molecule has 1 aliphatic rings. The van der Waals surface area contributed by atoms with E-state index in [4.69, 9.17) is 4.74 Å². The lowest BCUT2D eigenvalue weighted by Gasteiger charge is -2.31. The summed E-state index contributed by atoms with van der Waals surface area (Å²) < 4.78 is 5.21. The van der Waals surface area contributed by atoms with Gasteiger partial charge in [0.05, 0.1) is 6.42 Å². The van der Waals surface area contributed by atoms with Crippen molar-refractivity contribution in [3.8, 4) is 0 Å². The second-order valence-electron chi connectivity index (χ2n) is 6.32. The molecule has 1 fully saturated rings. The number of amides is 1. The van der Waals surface area contributed by atoms with Crippen LogP contribution in [0.3, 0.4) is 0 Å². The maximum Gasteiger partial charge on any atom is 0.306 e. The third-order valence-electron chi connectivity index (χ3n) is 3.40. The molecule has 0 spiro atoms. The summed E-state index contributed by atoms with van der Waals surface area (Å²) in [5.74, 6) is 0.450. The molecule has 4 heteroatoms. The van der Waals surface area contributed by atoms with Gasteiger partial charge in [-0.3, -0.25) is 9.59 Å². The number of carbonyl (C=O) groups is 2. The topological polar surface area (TPSA) is 46.6 Å². The fraction of sp³-hybridized carbons (Fsp3) is 0.867. The van der Waals surface area contributed by atoms with E-state index >= 15 is 0 Å². The standard InChI is InChI=1S/C15H27NO3/c1-5-16(11-12-7-6-8-12)13(17)9-10-14(18)19-15(2,3)4/h12H,5-11H2,1-4H3. The highest BCUT2D eigenvalue weighted by Gasteiger charge is 2.23. The molecule has 0 bridgehead atoms. The zero-order valence-corrected chi connectivity index (χ0v) is 12.7. The SMILES string of the molecule is CCN(CC1CCC1)C(=O)CCC(=O)OC(C)(C)C. The number of esters is 1. The molecule has 0 heterocycles. The van der Waals surface area contributed by atoms with E-state index in [1.165, 1.54) is 19.3 Å². The minimum Gasteiger partial charge on any atom is -0.460 e. The van der Waals surface area contributed by atoms with E-state index in [2.05, 4.69) is 0 Å². The molecule has 0 aromatic heterocycles. The molecule has 0 aromatic carbocycles. The number of nitrogens with zero attached hydrogens (tertiary/aromatic N) is 1. The molecule has 1 aliphatic carbocycles. The predicted octanol–water partition coefficient (Wildman–Crippen LogP) is 2.76. The van der Waals surface area contributed by atoms with Gasteiger partial charge in [0.15, 0.2) is 0 Å². The third kappa shape index (κ3) is 6.08. The Hall–Kier alpha value is -1.06. The van der Waals surface area contributed by atoms with Crippen molar-refractivity contribution in [1.82, 2.24) is 4.90 Å². The van der Waals surface area contributed by atoms with Crippen LogP contribution in [0.2, 0.25) is 0 Å². The highest BCUT2D eigenvalue weighted by Crippen LogP contribution is 2.27. The summed E-state index contributed by atoms with van der Waals surface area (Å²) in [5, 5.41) is 0. The van der Waals surface area contributed by atoms with E-state index in [0.29, 0.717) is 5.92 Å². The van der Waals surface area contributed by atoms with Crippen molar-refractivity contribution in [1.29, 1.82) is 0 Å². The Bertz CT molecular complexity index is 316. The van der Waals surface area contributed by atoms with Gasteiger partial charge in [-0.05, 0) is 46.5 Å². The maximum atomic E-state index is 12.0. The Kier molecular flexibility index (Phi) is 5.83. The molecular formula is C15H27NO3. The van der Waals surface area contributed by atoms with E-state index in [-0.39, 0.29) is 24.7 Å². The highest BCUT2D eigenvalue weighted by atomic mass is 16.6. The van der Waals surface area contributed by atoms with Crippen LogP contribution in [-0.4, -0.2) is 35.5 Å². The van der Waals surface area contributed by atoms with Crippen LogP contribution in [0.5, 0.6) is 0 Å². The molecular weight excluding hydrogens is 242 g/mol. The van der Waals surface area contributed by atoms with Gasteiger partial charge in [-0.15, -0.1) is 0 Å².